The van der Waals surface area contributed by atoms with Gasteiger partial charge in [-0.15, -0.1) is 10.2 Å². The van der Waals surface area contributed by atoms with Gasteiger partial charge >= 0.3 is 12.1 Å². The Kier molecular flexibility index (Phi) is 5.42. The lowest BCUT2D eigenvalue weighted by Gasteiger charge is -2.09. The van der Waals surface area contributed by atoms with Crippen molar-refractivity contribution in [3.8, 4) is 0 Å². The van der Waals surface area contributed by atoms with Gasteiger partial charge < -0.3 is 10.8 Å². The van der Waals surface area contributed by atoms with Gasteiger partial charge in [-0.2, -0.15) is 18.3 Å². The summed E-state index contributed by atoms with van der Waals surface area (Å²) in [7, 11) is 0. The van der Waals surface area contributed by atoms with Crippen molar-refractivity contribution < 1.29 is 23.1 Å². The molecule has 0 saturated carbocycles. The van der Waals surface area contributed by atoms with E-state index in [0.717, 1.165) is 27.3 Å². The Morgan fingerprint density at radius 3 is 2.48 bits per heavy atom. The zero-order valence-corrected chi connectivity index (χ0v) is 16.3. The highest BCUT2D eigenvalue weighted by atomic mass is 79.9. The molecule has 0 saturated heterocycles. The number of hydrogen-bond acceptors (Lipinski definition) is 6. The number of nitrogens with zero attached hydrogens (tertiary/aromatic N) is 6. The number of alkyl halides is 3. The van der Waals surface area contributed by atoms with Crippen molar-refractivity contribution in [3.63, 3.8) is 0 Å². The summed E-state index contributed by atoms with van der Waals surface area (Å²) in [6.45, 7) is 2.05. The van der Waals surface area contributed by atoms with Crippen LogP contribution in [0.3, 0.4) is 0 Å². The molecule has 4 aromatic rings. The first-order chi connectivity index (χ1) is 13.6. The average Bonchev–Trinajstić information content (AvgIpc) is 3.22. The van der Waals surface area contributed by atoms with Crippen LogP contribution in [-0.4, -0.2) is 46.4 Å². The molecule has 4 rings (SSSR count). The predicted octanol–water partition coefficient (Wildman–Crippen LogP) is 2.90. The molecule has 4 aromatic heterocycles. The Bertz CT molecular complexity index is 1190. The van der Waals surface area contributed by atoms with Crippen LogP contribution in [0.1, 0.15) is 24.4 Å². The number of halogens is 4. The maximum Gasteiger partial charge on any atom is 0.490 e. The number of hydrogen-bond donors (Lipinski definition) is 2. The zero-order chi connectivity index (χ0) is 21.3. The average molecular weight is 472 g/mol. The fourth-order valence-corrected chi connectivity index (χ4v) is 2.79. The Morgan fingerprint density at radius 1 is 1.17 bits per heavy atom. The van der Waals surface area contributed by atoms with Gasteiger partial charge in [0.05, 0.1) is 17.8 Å². The minimum Gasteiger partial charge on any atom is -0.475 e. The number of imidazole rings is 1. The SMILES string of the molecule is CC(c1ccc2nc(N)cn2n1)c1nnc2ccc(Br)cn12.O=C(O)C(F)(F)F. The van der Waals surface area contributed by atoms with Crippen molar-refractivity contribution in [2.75, 3.05) is 5.73 Å². The molecule has 4 heterocycles. The second kappa shape index (κ2) is 7.66. The van der Waals surface area contributed by atoms with E-state index in [1.807, 2.05) is 41.8 Å². The second-order valence-electron chi connectivity index (χ2n) is 5.89. The summed E-state index contributed by atoms with van der Waals surface area (Å²) in [5.41, 5.74) is 8.10. The molecule has 0 aliphatic rings. The molecule has 0 bridgehead atoms. The number of anilines is 1. The van der Waals surface area contributed by atoms with Gasteiger partial charge in [-0.1, -0.05) is 0 Å². The van der Waals surface area contributed by atoms with Gasteiger partial charge in [0.25, 0.3) is 0 Å². The van der Waals surface area contributed by atoms with Crippen molar-refractivity contribution in [1.82, 2.24) is 29.2 Å². The van der Waals surface area contributed by atoms with Crippen LogP contribution in [0.5, 0.6) is 0 Å². The Balaban J connectivity index is 0.000000298. The lowest BCUT2D eigenvalue weighted by Crippen LogP contribution is -2.21. The molecular formula is C16H13BrF3N7O2. The van der Waals surface area contributed by atoms with Crippen LogP contribution in [0.4, 0.5) is 19.0 Å². The van der Waals surface area contributed by atoms with Crippen LogP contribution in [0.15, 0.2) is 41.1 Å². The minimum absolute atomic E-state index is 0.0164. The van der Waals surface area contributed by atoms with Crippen LogP contribution in [0, 0.1) is 0 Å². The van der Waals surface area contributed by atoms with Gasteiger partial charge in [-0.3, -0.25) is 4.40 Å². The molecule has 29 heavy (non-hydrogen) atoms. The first-order valence-corrected chi connectivity index (χ1v) is 8.77. The number of rotatable bonds is 2. The summed E-state index contributed by atoms with van der Waals surface area (Å²) in [5.74, 6) is -1.49. The third-order valence-electron chi connectivity index (χ3n) is 3.83. The summed E-state index contributed by atoms with van der Waals surface area (Å²) < 4.78 is 36.3. The lowest BCUT2D eigenvalue weighted by atomic mass is 10.1. The minimum atomic E-state index is -5.08. The maximum absolute atomic E-state index is 10.6. The molecule has 0 aliphatic carbocycles. The van der Waals surface area contributed by atoms with E-state index >= 15 is 0 Å². The molecule has 0 aliphatic heterocycles. The van der Waals surface area contributed by atoms with Crippen LogP contribution < -0.4 is 5.73 Å². The number of aromatic nitrogens is 6. The fraction of sp³-hybridized carbons (Fsp3) is 0.188. The van der Waals surface area contributed by atoms with Crippen molar-refractivity contribution in [1.29, 1.82) is 0 Å². The Labute approximate surface area is 169 Å². The fourth-order valence-electron chi connectivity index (χ4n) is 2.46. The number of nitrogens with two attached hydrogens (primary N) is 1. The molecule has 1 unspecified atom stereocenters. The largest absolute Gasteiger partial charge is 0.490 e. The van der Waals surface area contributed by atoms with E-state index < -0.39 is 12.1 Å². The molecule has 152 valence electrons. The van der Waals surface area contributed by atoms with E-state index in [4.69, 9.17) is 15.6 Å². The molecule has 0 radical (unpaired) electrons. The molecule has 0 spiro atoms. The summed E-state index contributed by atoms with van der Waals surface area (Å²) in [6, 6.07) is 7.69. The van der Waals surface area contributed by atoms with Gasteiger partial charge in [-0.05, 0) is 47.1 Å². The Hall–Kier alpha value is -3.22. The third-order valence-corrected chi connectivity index (χ3v) is 4.29. The second-order valence-corrected chi connectivity index (χ2v) is 6.80. The van der Waals surface area contributed by atoms with E-state index in [1.54, 1.807) is 10.7 Å². The molecule has 9 nitrogen and oxygen atoms in total. The number of nitrogen functional groups attached to an aromatic ring is 1. The topological polar surface area (TPSA) is 124 Å². The van der Waals surface area contributed by atoms with E-state index in [2.05, 4.69) is 36.2 Å². The molecule has 0 aromatic carbocycles. The Morgan fingerprint density at radius 2 is 1.83 bits per heavy atom. The van der Waals surface area contributed by atoms with Crippen LogP contribution in [0.25, 0.3) is 11.3 Å². The van der Waals surface area contributed by atoms with E-state index in [-0.39, 0.29) is 5.92 Å². The molecule has 0 fully saturated rings. The predicted molar refractivity (Wildman–Crippen MR) is 99.3 cm³/mol. The number of carbonyl (C=O) groups is 1. The number of aliphatic carboxylic acids is 1. The normalized spacial score (nSPS) is 12.6. The monoisotopic (exact) mass is 471 g/mol. The first kappa shape index (κ1) is 20.5. The molecule has 3 N–H and O–H groups in total. The number of carboxylic acid groups (broad SMARTS) is 1. The molecule has 13 heteroatoms. The summed E-state index contributed by atoms with van der Waals surface area (Å²) in [4.78, 5) is 13.1. The quantitative estimate of drug-likeness (QED) is 0.460. The van der Waals surface area contributed by atoms with Gasteiger partial charge in [0, 0.05) is 10.7 Å². The third kappa shape index (κ3) is 4.45. The summed E-state index contributed by atoms with van der Waals surface area (Å²) in [5, 5.41) is 20.2. The van der Waals surface area contributed by atoms with Crippen LogP contribution in [0.2, 0.25) is 0 Å². The van der Waals surface area contributed by atoms with Gasteiger partial charge in [0.1, 0.15) is 11.6 Å². The van der Waals surface area contributed by atoms with E-state index in [9.17, 15) is 13.2 Å². The zero-order valence-electron chi connectivity index (χ0n) is 14.7. The number of carboxylic acids is 1. The number of fused-ring (bicyclic) bond motifs is 2. The maximum atomic E-state index is 10.6. The lowest BCUT2D eigenvalue weighted by molar-refractivity contribution is -0.192. The van der Waals surface area contributed by atoms with E-state index in [0.29, 0.717) is 5.82 Å². The highest BCUT2D eigenvalue weighted by Gasteiger charge is 2.38. The number of pyridine rings is 1. The van der Waals surface area contributed by atoms with Crippen molar-refractivity contribution in [2.45, 2.75) is 19.0 Å². The van der Waals surface area contributed by atoms with Crippen molar-refractivity contribution >= 4 is 39.0 Å². The summed E-state index contributed by atoms with van der Waals surface area (Å²) >= 11 is 3.47. The first-order valence-electron chi connectivity index (χ1n) is 7.98. The molecular weight excluding hydrogens is 459 g/mol. The van der Waals surface area contributed by atoms with Gasteiger partial charge in [0.2, 0.25) is 0 Å². The smallest absolute Gasteiger partial charge is 0.475 e. The van der Waals surface area contributed by atoms with Crippen LogP contribution >= 0.6 is 15.9 Å². The van der Waals surface area contributed by atoms with Crippen molar-refractivity contribution in [2.24, 2.45) is 0 Å². The molecule has 0 amide bonds. The standard InChI is InChI=1S/C14H12BrN7.C2HF3O2/c1-8(10-3-5-12-17-11(16)7-22(12)20-10)14-19-18-13-4-2-9(15)6-21(13)14;3-2(4,5)1(6)7/h2-8H,16H2,1H3;(H,6,7). The van der Waals surface area contributed by atoms with Gasteiger partial charge in [-0.25, -0.2) is 14.3 Å². The highest BCUT2D eigenvalue weighted by molar-refractivity contribution is 9.10. The summed E-state index contributed by atoms with van der Waals surface area (Å²) in [6.07, 6.45) is -1.43. The van der Waals surface area contributed by atoms with Gasteiger partial charge in [0.15, 0.2) is 11.3 Å². The van der Waals surface area contributed by atoms with E-state index in [1.165, 1.54) is 0 Å². The highest BCUT2D eigenvalue weighted by Crippen LogP contribution is 2.23. The van der Waals surface area contributed by atoms with Crippen LogP contribution in [-0.2, 0) is 4.79 Å². The molecule has 1 atom stereocenters. The van der Waals surface area contributed by atoms with Crippen molar-refractivity contribution in [3.05, 3.63) is 52.7 Å².